The molecule has 36 heavy (non-hydrogen) atoms. The summed E-state index contributed by atoms with van der Waals surface area (Å²) in [6, 6.07) is 3.51. The third kappa shape index (κ3) is 4.05. The Morgan fingerprint density at radius 3 is 2.31 bits per heavy atom. The summed E-state index contributed by atoms with van der Waals surface area (Å²) < 4.78 is 18.5. The summed E-state index contributed by atoms with van der Waals surface area (Å²) in [4.78, 5) is 33.7. The Labute approximate surface area is 213 Å². The predicted octanol–water partition coefficient (Wildman–Crippen LogP) is 3.99. The molecule has 0 spiro atoms. The van der Waals surface area contributed by atoms with Crippen LogP contribution in [0.2, 0.25) is 0 Å². The second-order valence-corrected chi connectivity index (χ2v) is 12.2. The number of rotatable bonds is 4. The van der Waals surface area contributed by atoms with Gasteiger partial charge < -0.3 is 24.5 Å². The van der Waals surface area contributed by atoms with Crippen LogP contribution >= 0.6 is 0 Å². The van der Waals surface area contributed by atoms with Crippen LogP contribution in [0, 0.1) is 5.92 Å². The summed E-state index contributed by atoms with van der Waals surface area (Å²) in [6.45, 7) is 18.0. The van der Waals surface area contributed by atoms with Gasteiger partial charge in [0.25, 0.3) is 0 Å². The van der Waals surface area contributed by atoms with Gasteiger partial charge in [0.2, 0.25) is 0 Å². The molecular weight excluding hydrogens is 463 g/mol. The van der Waals surface area contributed by atoms with Crippen molar-refractivity contribution < 1.29 is 28.7 Å². The number of amides is 2. The quantitative estimate of drug-likeness (QED) is 0.595. The lowest BCUT2D eigenvalue weighted by Gasteiger charge is -2.56. The number of fused-ring (bicyclic) bond motifs is 1. The second kappa shape index (κ2) is 8.60. The lowest BCUT2D eigenvalue weighted by atomic mass is 9.60. The zero-order chi connectivity index (χ0) is 26.8. The van der Waals surface area contributed by atoms with Crippen LogP contribution in [-0.2, 0) is 19.6 Å². The number of carbonyl (C=O) groups is 2. The van der Waals surface area contributed by atoms with Crippen molar-refractivity contribution in [1.29, 1.82) is 0 Å². The second-order valence-electron chi connectivity index (χ2n) is 12.2. The molecule has 2 amide bonds. The molecule has 2 N–H and O–H groups in total. The monoisotopic (exact) mass is 502 g/mol. The minimum Gasteiger partial charge on any atom is -0.465 e. The van der Waals surface area contributed by atoms with E-state index in [1.54, 1.807) is 18.3 Å². The van der Waals surface area contributed by atoms with Gasteiger partial charge in [-0.05, 0) is 72.9 Å². The zero-order valence-corrected chi connectivity index (χ0v) is 22.8. The first-order valence-electron chi connectivity index (χ1n) is 12.6. The number of ether oxygens (including phenoxy) is 1. The molecule has 0 bridgehead atoms. The predicted molar refractivity (Wildman–Crippen MR) is 136 cm³/mol. The van der Waals surface area contributed by atoms with Crippen LogP contribution in [0.1, 0.15) is 74.4 Å². The van der Waals surface area contributed by atoms with Crippen LogP contribution < -0.4 is 10.2 Å². The first-order valence-corrected chi connectivity index (χ1v) is 12.6. The van der Waals surface area contributed by atoms with E-state index in [1.165, 1.54) is 4.90 Å². The standard InChI is InChI=1S/C25H39BN4O6/c1-15(2)25(29-14-12-17(29)28-20(31)34-22(3,4)5)18-16(11-10-13-27-18)30(21(32)33)19(25)26-35-23(6,7)24(8,9)36-26/h10-11,13,15,17,19H,12,14H2,1-9H3,(H,28,31)(H,32,33). The van der Waals surface area contributed by atoms with E-state index in [1.807, 2.05) is 62.3 Å². The van der Waals surface area contributed by atoms with Crippen LogP contribution in [0.4, 0.5) is 15.3 Å². The lowest BCUT2D eigenvalue weighted by molar-refractivity contribution is -0.0780. The number of nitrogens with zero attached hydrogens (tertiary/aromatic N) is 3. The van der Waals surface area contributed by atoms with Crippen LogP contribution in [0.15, 0.2) is 18.3 Å². The van der Waals surface area contributed by atoms with E-state index in [0.29, 0.717) is 24.3 Å². The van der Waals surface area contributed by atoms with Gasteiger partial charge in [-0.15, -0.1) is 0 Å². The van der Waals surface area contributed by atoms with Gasteiger partial charge in [-0.25, -0.2) is 9.59 Å². The number of hydrogen-bond donors (Lipinski definition) is 2. The summed E-state index contributed by atoms with van der Waals surface area (Å²) in [5.74, 6) is -0.869. The third-order valence-corrected chi connectivity index (χ3v) is 7.95. The molecule has 3 aliphatic rings. The first kappa shape index (κ1) is 26.7. The van der Waals surface area contributed by atoms with E-state index in [9.17, 15) is 14.7 Å². The van der Waals surface area contributed by atoms with E-state index < -0.39 is 47.6 Å². The number of nitrogens with one attached hydrogen (secondary N) is 1. The molecule has 4 heterocycles. The number of carboxylic acid groups (broad SMARTS) is 1. The minimum atomic E-state index is -1.11. The molecule has 198 valence electrons. The van der Waals surface area contributed by atoms with E-state index in [4.69, 9.17) is 19.0 Å². The highest BCUT2D eigenvalue weighted by atomic mass is 16.7. The number of carbonyl (C=O) groups excluding carboxylic acids is 1. The molecule has 0 aliphatic carbocycles. The van der Waals surface area contributed by atoms with Gasteiger partial charge in [0.05, 0.1) is 34.3 Å². The Morgan fingerprint density at radius 2 is 1.83 bits per heavy atom. The smallest absolute Gasteiger partial charge is 0.465 e. The Morgan fingerprint density at radius 1 is 1.22 bits per heavy atom. The average Bonchev–Trinajstić information content (AvgIpc) is 3.12. The fourth-order valence-corrected chi connectivity index (χ4v) is 5.63. The lowest BCUT2D eigenvalue weighted by Crippen LogP contribution is -2.73. The highest BCUT2D eigenvalue weighted by molar-refractivity contribution is 6.50. The maximum Gasteiger partial charge on any atom is 0.485 e. The van der Waals surface area contributed by atoms with Crippen molar-refractivity contribution in [2.75, 3.05) is 11.4 Å². The number of hydrogen-bond acceptors (Lipinski definition) is 7. The maximum atomic E-state index is 12.8. The summed E-state index contributed by atoms with van der Waals surface area (Å²) >= 11 is 0. The van der Waals surface area contributed by atoms with Gasteiger partial charge in [-0.1, -0.05) is 13.8 Å². The Bertz CT molecular complexity index is 1030. The molecule has 1 aromatic heterocycles. The van der Waals surface area contributed by atoms with Gasteiger partial charge in [0.1, 0.15) is 11.5 Å². The summed E-state index contributed by atoms with van der Waals surface area (Å²) in [6.07, 6.45) is 0.384. The fourth-order valence-electron chi connectivity index (χ4n) is 5.63. The molecule has 2 fully saturated rings. The molecule has 3 unspecified atom stereocenters. The molecule has 1 aromatic rings. The molecule has 0 radical (unpaired) electrons. The van der Waals surface area contributed by atoms with Crippen molar-refractivity contribution in [2.45, 2.75) is 103 Å². The van der Waals surface area contributed by atoms with Crippen molar-refractivity contribution in [3.8, 4) is 0 Å². The average molecular weight is 502 g/mol. The topological polar surface area (TPSA) is 113 Å². The number of likely N-dealkylation sites (tertiary alicyclic amines) is 1. The summed E-state index contributed by atoms with van der Waals surface area (Å²) in [5, 5.41) is 13.4. The molecule has 4 rings (SSSR count). The van der Waals surface area contributed by atoms with Crippen molar-refractivity contribution in [2.24, 2.45) is 5.92 Å². The minimum absolute atomic E-state index is 0.109. The van der Waals surface area contributed by atoms with Gasteiger partial charge in [-0.3, -0.25) is 14.8 Å². The zero-order valence-electron chi connectivity index (χ0n) is 22.8. The van der Waals surface area contributed by atoms with Gasteiger partial charge in [0, 0.05) is 12.7 Å². The molecule has 0 saturated carbocycles. The number of aromatic nitrogens is 1. The van der Waals surface area contributed by atoms with Crippen molar-refractivity contribution in [3.05, 3.63) is 24.0 Å². The summed E-state index contributed by atoms with van der Waals surface area (Å²) in [5.41, 5.74) is -1.74. The third-order valence-electron chi connectivity index (χ3n) is 7.95. The molecule has 11 heteroatoms. The molecule has 2 saturated heterocycles. The number of pyridine rings is 1. The van der Waals surface area contributed by atoms with Gasteiger partial charge in [-0.2, -0.15) is 0 Å². The summed E-state index contributed by atoms with van der Waals surface area (Å²) in [7, 11) is -0.856. The van der Waals surface area contributed by atoms with Crippen LogP contribution in [0.25, 0.3) is 0 Å². The molecule has 10 nitrogen and oxygen atoms in total. The van der Waals surface area contributed by atoms with E-state index in [0.717, 1.165) is 0 Å². The maximum absolute atomic E-state index is 12.8. The van der Waals surface area contributed by atoms with Gasteiger partial charge >= 0.3 is 19.3 Å². The van der Waals surface area contributed by atoms with Crippen LogP contribution in [0.3, 0.4) is 0 Å². The number of alkyl carbamates (subject to hydrolysis) is 1. The van der Waals surface area contributed by atoms with Crippen molar-refractivity contribution in [3.63, 3.8) is 0 Å². The van der Waals surface area contributed by atoms with Crippen LogP contribution in [0.5, 0.6) is 0 Å². The Balaban J connectivity index is 1.83. The molecule has 3 aliphatic heterocycles. The van der Waals surface area contributed by atoms with Crippen molar-refractivity contribution in [1.82, 2.24) is 15.2 Å². The van der Waals surface area contributed by atoms with E-state index >= 15 is 0 Å². The first-order chi connectivity index (χ1) is 16.5. The molecule has 3 atom stereocenters. The largest absolute Gasteiger partial charge is 0.485 e. The molecule has 0 aromatic carbocycles. The highest BCUT2D eigenvalue weighted by Crippen LogP contribution is 2.56. The normalized spacial score (nSPS) is 29.2. The van der Waals surface area contributed by atoms with E-state index in [2.05, 4.69) is 10.2 Å². The highest BCUT2D eigenvalue weighted by Gasteiger charge is 2.70. The van der Waals surface area contributed by atoms with Crippen molar-refractivity contribution >= 4 is 25.0 Å². The van der Waals surface area contributed by atoms with Crippen LogP contribution in [-0.4, -0.2) is 69.8 Å². The Kier molecular flexibility index (Phi) is 6.37. The van der Waals surface area contributed by atoms with Gasteiger partial charge in [0.15, 0.2) is 0 Å². The number of anilines is 1. The molecular formula is C25H39BN4O6. The van der Waals surface area contributed by atoms with E-state index in [-0.39, 0.29) is 12.1 Å². The SMILES string of the molecule is CC(C)C1(N2CCC2NC(=O)OC(C)(C)C)c2ncccc2N(C(=O)O)C1B1OC(C)(C)C(C)(C)O1. The Hall–Kier alpha value is -2.37. The fraction of sp³-hybridized carbons (Fsp3) is 0.720.